The minimum atomic E-state index is -0.227. The molecule has 1 N–H and O–H groups in total. The van der Waals surface area contributed by atoms with Gasteiger partial charge >= 0.3 is 0 Å². The summed E-state index contributed by atoms with van der Waals surface area (Å²) in [4.78, 5) is 24.1. The van der Waals surface area contributed by atoms with Crippen molar-refractivity contribution in [1.82, 2.24) is 5.32 Å². The number of ketones is 1. The molecule has 0 aliphatic carbocycles. The van der Waals surface area contributed by atoms with Gasteiger partial charge in [0, 0.05) is 5.56 Å². The summed E-state index contributed by atoms with van der Waals surface area (Å²) in [6, 6.07) is 12.4. The fourth-order valence-electron chi connectivity index (χ4n) is 1.41. The van der Waals surface area contributed by atoms with E-state index >= 15 is 0 Å². The molecule has 0 bridgehead atoms. The fourth-order valence-corrected chi connectivity index (χ4v) is 2.71. The molecule has 0 saturated heterocycles. The zero-order valence-corrected chi connectivity index (χ0v) is 11.8. The minimum Gasteiger partial charge on any atom is -0.344 e. The number of rotatable bonds is 4. The summed E-state index contributed by atoms with van der Waals surface area (Å²) in [7, 11) is 0. The van der Waals surface area contributed by atoms with Gasteiger partial charge in [0.25, 0.3) is 5.91 Å². The fraction of sp³-hybridized carbons (Fsp3) is 0.0769. The standard InChI is InChI=1S/C13H10BrNO2S/c14-12-7-6-11(18-12)13(17)15-8-10(16)9-4-2-1-3-5-9/h1-7H,8H2,(H,15,17). The van der Waals surface area contributed by atoms with Crippen LogP contribution in [0.25, 0.3) is 0 Å². The van der Waals surface area contributed by atoms with Gasteiger partial charge in [-0.1, -0.05) is 30.3 Å². The summed E-state index contributed by atoms with van der Waals surface area (Å²) in [6.45, 7) is 0.0123. The molecule has 1 amide bonds. The maximum atomic E-state index is 11.8. The summed E-state index contributed by atoms with van der Waals surface area (Å²) in [5.41, 5.74) is 0.602. The minimum absolute atomic E-state index is 0.0123. The molecule has 2 aromatic rings. The van der Waals surface area contributed by atoms with Gasteiger partial charge in [-0.2, -0.15) is 0 Å². The van der Waals surface area contributed by atoms with Crippen molar-refractivity contribution in [3.05, 3.63) is 56.7 Å². The van der Waals surface area contributed by atoms with E-state index in [-0.39, 0.29) is 18.2 Å². The summed E-state index contributed by atoms with van der Waals surface area (Å²) >= 11 is 4.63. The van der Waals surface area contributed by atoms with Crippen LogP contribution in [0, 0.1) is 0 Å². The van der Waals surface area contributed by atoms with Gasteiger partial charge in [-0.15, -0.1) is 11.3 Å². The number of hydrogen-bond donors (Lipinski definition) is 1. The second-order valence-corrected chi connectivity index (χ2v) is 6.04. The first kappa shape index (κ1) is 13.0. The number of nitrogens with one attached hydrogen (secondary N) is 1. The van der Waals surface area contributed by atoms with Gasteiger partial charge in [-0.25, -0.2) is 0 Å². The molecule has 0 fully saturated rings. The smallest absolute Gasteiger partial charge is 0.261 e. The summed E-state index contributed by atoms with van der Waals surface area (Å²) in [5.74, 6) is -0.324. The molecule has 3 nitrogen and oxygen atoms in total. The number of hydrogen-bond acceptors (Lipinski definition) is 3. The number of carbonyl (C=O) groups is 2. The van der Waals surface area contributed by atoms with Crippen LogP contribution in [0.5, 0.6) is 0 Å². The van der Waals surface area contributed by atoms with E-state index in [1.54, 1.807) is 36.4 Å². The molecule has 0 aliphatic heterocycles. The first-order chi connectivity index (χ1) is 8.66. The van der Waals surface area contributed by atoms with Gasteiger partial charge in [0.15, 0.2) is 5.78 Å². The van der Waals surface area contributed by atoms with Crippen molar-refractivity contribution < 1.29 is 9.59 Å². The molecule has 2 rings (SSSR count). The van der Waals surface area contributed by atoms with E-state index in [1.165, 1.54) is 11.3 Å². The lowest BCUT2D eigenvalue weighted by Crippen LogP contribution is -2.28. The normalized spacial score (nSPS) is 10.1. The number of carbonyl (C=O) groups excluding carboxylic acids is 2. The first-order valence-corrected chi connectivity index (χ1v) is 6.89. The van der Waals surface area contributed by atoms with E-state index in [1.807, 2.05) is 6.07 Å². The molecule has 18 heavy (non-hydrogen) atoms. The van der Waals surface area contributed by atoms with Crippen molar-refractivity contribution in [3.63, 3.8) is 0 Å². The second kappa shape index (κ2) is 5.93. The Morgan fingerprint density at radius 3 is 2.44 bits per heavy atom. The summed E-state index contributed by atoms with van der Waals surface area (Å²) < 4.78 is 0.891. The highest BCUT2D eigenvalue weighted by molar-refractivity contribution is 9.11. The highest BCUT2D eigenvalue weighted by Crippen LogP contribution is 2.21. The largest absolute Gasteiger partial charge is 0.344 e. The third kappa shape index (κ3) is 3.27. The Bertz CT molecular complexity index is 565. The molecule has 0 saturated carbocycles. The molecule has 0 atom stereocenters. The molecular weight excluding hydrogens is 314 g/mol. The Hall–Kier alpha value is -1.46. The van der Waals surface area contributed by atoms with Crippen molar-refractivity contribution in [2.24, 2.45) is 0 Å². The zero-order chi connectivity index (χ0) is 13.0. The van der Waals surface area contributed by atoms with Gasteiger partial charge in [-0.05, 0) is 28.1 Å². The van der Waals surface area contributed by atoms with E-state index in [4.69, 9.17) is 0 Å². The maximum absolute atomic E-state index is 11.8. The van der Waals surface area contributed by atoms with Crippen molar-refractivity contribution >= 4 is 39.0 Å². The molecule has 1 heterocycles. The zero-order valence-electron chi connectivity index (χ0n) is 9.35. The van der Waals surface area contributed by atoms with Crippen LogP contribution >= 0.6 is 27.3 Å². The Balaban J connectivity index is 1.92. The SMILES string of the molecule is O=C(CNC(=O)c1ccc(Br)s1)c1ccccc1. The van der Waals surface area contributed by atoms with Crippen LogP contribution in [0.1, 0.15) is 20.0 Å². The molecule has 1 aromatic heterocycles. The number of benzene rings is 1. The van der Waals surface area contributed by atoms with E-state index in [2.05, 4.69) is 21.2 Å². The van der Waals surface area contributed by atoms with Gasteiger partial charge in [-0.3, -0.25) is 9.59 Å². The molecular formula is C13H10BrNO2S. The molecule has 0 aliphatic rings. The predicted octanol–water partition coefficient (Wildman–Crippen LogP) is 3.12. The Morgan fingerprint density at radius 1 is 1.11 bits per heavy atom. The Labute approximate surface area is 117 Å². The molecule has 0 unspecified atom stereocenters. The lowest BCUT2D eigenvalue weighted by atomic mass is 10.1. The van der Waals surface area contributed by atoms with Crippen LogP contribution in [-0.2, 0) is 0 Å². The topological polar surface area (TPSA) is 46.2 Å². The van der Waals surface area contributed by atoms with Crippen LogP contribution in [0.2, 0.25) is 0 Å². The van der Waals surface area contributed by atoms with Gasteiger partial charge in [0.1, 0.15) is 0 Å². The average Bonchev–Trinajstić information content (AvgIpc) is 2.83. The number of Topliss-reactive ketones (excluding diaryl/α,β-unsaturated/α-hetero) is 1. The van der Waals surface area contributed by atoms with Gasteiger partial charge < -0.3 is 5.32 Å². The average molecular weight is 324 g/mol. The number of halogens is 1. The second-order valence-electron chi connectivity index (χ2n) is 3.58. The van der Waals surface area contributed by atoms with Gasteiger partial charge in [0.2, 0.25) is 0 Å². The van der Waals surface area contributed by atoms with Crippen LogP contribution in [-0.4, -0.2) is 18.2 Å². The Kier molecular flexibility index (Phi) is 4.28. The highest BCUT2D eigenvalue weighted by Gasteiger charge is 2.11. The van der Waals surface area contributed by atoms with Crippen LogP contribution in [0.3, 0.4) is 0 Å². The summed E-state index contributed by atoms with van der Waals surface area (Å²) in [6.07, 6.45) is 0. The van der Waals surface area contributed by atoms with E-state index in [0.717, 1.165) is 3.79 Å². The molecule has 92 valence electrons. The van der Waals surface area contributed by atoms with Crippen molar-refractivity contribution in [3.8, 4) is 0 Å². The number of thiophene rings is 1. The first-order valence-electron chi connectivity index (χ1n) is 5.28. The third-order valence-corrected chi connectivity index (χ3v) is 3.92. The maximum Gasteiger partial charge on any atom is 0.261 e. The van der Waals surface area contributed by atoms with E-state index in [0.29, 0.717) is 10.4 Å². The monoisotopic (exact) mass is 323 g/mol. The van der Waals surface area contributed by atoms with Gasteiger partial charge in [0.05, 0.1) is 15.2 Å². The lowest BCUT2D eigenvalue weighted by Gasteiger charge is -2.02. The quantitative estimate of drug-likeness (QED) is 0.879. The Morgan fingerprint density at radius 2 is 1.83 bits per heavy atom. The van der Waals surface area contributed by atoms with E-state index in [9.17, 15) is 9.59 Å². The van der Waals surface area contributed by atoms with Crippen LogP contribution in [0.15, 0.2) is 46.3 Å². The van der Waals surface area contributed by atoms with Crippen LogP contribution in [0.4, 0.5) is 0 Å². The highest BCUT2D eigenvalue weighted by atomic mass is 79.9. The van der Waals surface area contributed by atoms with Crippen molar-refractivity contribution in [2.75, 3.05) is 6.54 Å². The lowest BCUT2D eigenvalue weighted by molar-refractivity contribution is 0.0906. The molecule has 1 aromatic carbocycles. The van der Waals surface area contributed by atoms with Crippen molar-refractivity contribution in [2.45, 2.75) is 0 Å². The van der Waals surface area contributed by atoms with Crippen LogP contribution < -0.4 is 5.32 Å². The molecule has 0 radical (unpaired) electrons. The molecule has 0 spiro atoms. The van der Waals surface area contributed by atoms with Crippen molar-refractivity contribution in [1.29, 1.82) is 0 Å². The number of amides is 1. The predicted molar refractivity (Wildman–Crippen MR) is 75.1 cm³/mol. The summed E-state index contributed by atoms with van der Waals surface area (Å²) in [5, 5.41) is 2.61. The molecule has 5 heteroatoms. The third-order valence-electron chi connectivity index (χ3n) is 2.30. The van der Waals surface area contributed by atoms with E-state index < -0.39 is 0 Å².